The predicted molar refractivity (Wildman–Crippen MR) is 146 cm³/mol. The van der Waals surface area contributed by atoms with Crippen molar-refractivity contribution in [3.05, 3.63) is 86.2 Å². The van der Waals surface area contributed by atoms with Gasteiger partial charge in [-0.05, 0) is 69.7 Å². The van der Waals surface area contributed by atoms with Gasteiger partial charge in [0.2, 0.25) is 5.16 Å². The quantitative estimate of drug-likeness (QED) is 0.153. The summed E-state index contributed by atoms with van der Waals surface area (Å²) in [5, 5.41) is 17.7. The molecular formula is C26H21BrClN3O5S. The number of nitrogens with one attached hydrogen (secondary N) is 1. The zero-order valence-electron chi connectivity index (χ0n) is 19.7. The third-order valence-electron chi connectivity index (χ3n) is 5.10. The zero-order valence-corrected chi connectivity index (χ0v) is 22.9. The van der Waals surface area contributed by atoms with E-state index < -0.39 is 5.97 Å². The number of carboxylic acid groups (broad SMARTS) is 1. The predicted octanol–water partition coefficient (Wildman–Crippen LogP) is 6.70. The second kappa shape index (κ2) is 12.2. The summed E-state index contributed by atoms with van der Waals surface area (Å²) in [4.78, 5) is 16.4. The third kappa shape index (κ3) is 6.85. The highest BCUT2D eigenvalue weighted by atomic mass is 79.9. The molecule has 4 rings (SSSR count). The van der Waals surface area contributed by atoms with Gasteiger partial charge in [-0.25, -0.2) is 9.78 Å². The minimum absolute atomic E-state index is 0.0467. The Balaban J connectivity index is 1.50. The van der Waals surface area contributed by atoms with Gasteiger partial charge in [0.25, 0.3) is 0 Å². The number of H-pyrrole nitrogens is 1. The Morgan fingerprint density at radius 3 is 2.49 bits per heavy atom. The number of carboxylic acids is 1. The average molecular weight is 603 g/mol. The molecule has 0 amide bonds. The molecule has 1 heterocycles. The first kappa shape index (κ1) is 26.6. The molecule has 0 radical (unpaired) electrons. The van der Waals surface area contributed by atoms with E-state index in [0.717, 1.165) is 17.3 Å². The second-order valence-electron chi connectivity index (χ2n) is 7.55. The Bertz CT molecular complexity index is 1440. The van der Waals surface area contributed by atoms with Crippen LogP contribution in [0.2, 0.25) is 5.02 Å². The van der Waals surface area contributed by atoms with Crippen molar-refractivity contribution in [2.45, 2.75) is 11.8 Å². The number of aromatic amines is 1. The van der Waals surface area contributed by atoms with E-state index in [1.807, 2.05) is 18.2 Å². The number of carbonyl (C=O) groups is 1. The van der Waals surface area contributed by atoms with Gasteiger partial charge in [0, 0.05) is 22.2 Å². The molecular weight excluding hydrogens is 582 g/mol. The van der Waals surface area contributed by atoms with Crippen LogP contribution in [0.4, 0.5) is 0 Å². The maximum atomic E-state index is 12.0. The topological polar surface area (TPSA) is 107 Å². The minimum atomic E-state index is -1.10. The molecule has 0 saturated heterocycles. The maximum absolute atomic E-state index is 12.0. The number of hydrogen-bond acceptors (Lipinski definition) is 7. The lowest BCUT2D eigenvalue weighted by atomic mass is 10.2. The number of halogens is 2. The van der Waals surface area contributed by atoms with E-state index in [1.54, 1.807) is 62.8 Å². The number of aromatic nitrogens is 3. The van der Waals surface area contributed by atoms with Crippen molar-refractivity contribution < 1.29 is 24.1 Å². The molecule has 11 heteroatoms. The van der Waals surface area contributed by atoms with E-state index in [9.17, 15) is 9.90 Å². The fraction of sp³-hybridized carbons (Fsp3) is 0.115. The zero-order chi connectivity index (χ0) is 26.4. The van der Waals surface area contributed by atoms with Crippen LogP contribution >= 0.6 is 39.3 Å². The highest BCUT2D eigenvalue weighted by Gasteiger charge is 2.16. The van der Waals surface area contributed by atoms with Crippen LogP contribution in [0.1, 0.15) is 11.1 Å². The number of rotatable bonds is 10. The van der Waals surface area contributed by atoms with E-state index in [4.69, 9.17) is 25.8 Å². The van der Waals surface area contributed by atoms with E-state index in [2.05, 4.69) is 31.1 Å². The van der Waals surface area contributed by atoms with Crippen LogP contribution in [0.25, 0.3) is 17.5 Å². The Morgan fingerprint density at radius 2 is 1.84 bits per heavy atom. The number of aliphatic carboxylic acids is 1. The molecule has 3 aromatic carbocycles. The lowest BCUT2D eigenvalue weighted by molar-refractivity contribution is -0.131. The summed E-state index contributed by atoms with van der Waals surface area (Å²) >= 11 is 10.6. The monoisotopic (exact) mass is 601 g/mol. The van der Waals surface area contributed by atoms with Crippen LogP contribution in [0.3, 0.4) is 0 Å². The summed E-state index contributed by atoms with van der Waals surface area (Å²) in [5.74, 6) is 1.14. The summed E-state index contributed by atoms with van der Waals surface area (Å²) in [6.45, 7) is 0.302. The fourth-order valence-corrected chi connectivity index (χ4v) is 4.65. The SMILES string of the molecule is COc1cc(OC)cc(-c2nc(S/C(=C\c3ccc(OCc4ccccc4Cl)c(Br)c3)C(=O)O)n[nH]2)c1. The molecule has 37 heavy (non-hydrogen) atoms. The lowest BCUT2D eigenvalue weighted by Gasteiger charge is -2.10. The summed E-state index contributed by atoms with van der Waals surface area (Å²) in [7, 11) is 3.11. The molecule has 0 aliphatic heterocycles. The molecule has 0 aliphatic rings. The molecule has 1 aromatic heterocycles. The summed E-state index contributed by atoms with van der Waals surface area (Å²) in [6.07, 6.45) is 1.54. The van der Waals surface area contributed by atoms with Crippen molar-refractivity contribution in [2.24, 2.45) is 0 Å². The summed E-state index contributed by atoms with van der Waals surface area (Å²) in [5.41, 5.74) is 2.21. The van der Waals surface area contributed by atoms with Crippen LogP contribution in [0.5, 0.6) is 17.2 Å². The first-order valence-electron chi connectivity index (χ1n) is 10.8. The van der Waals surface area contributed by atoms with Crippen molar-refractivity contribution in [3.63, 3.8) is 0 Å². The first-order chi connectivity index (χ1) is 17.9. The van der Waals surface area contributed by atoms with Gasteiger partial charge in [0.05, 0.1) is 18.7 Å². The van der Waals surface area contributed by atoms with Gasteiger partial charge >= 0.3 is 5.97 Å². The smallest absolute Gasteiger partial charge is 0.342 e. The summed E-state index contributed by atoms with van der Waals surface area (Å²) in [6, 6.07) is 18.0. The van der Waals surface area contributed by atoms with Crippen LogP contribution in [-0.4, -0.2) is 40.5 Å². The van der Waals surface area contributed by atoms with Crippen molar-refractivity contribution in [1.82, 2.24) is 15.2 Å². The molecule has 0 bridgehead atoms. The number of nitrogens with zero attached hydrogens (tertiary/aromatic N) is 2. The van der Waals surface area contributed by atoms with E-state index in [0.29, 0.717) is 50.3 Å². The molecule has 0 unspecified atom stereocenters. The van der Waals surface area contributed by atoms with Gasteiger partial charge in [0.1, 0.15) is 28.8 Å². The van der Waals surface area contributed by atoms with Gasteiger partial charge in [-0.1, -0.05) is 35.9 Å². The second-order valence-corrected chi connectivity index (χ2v) is 9.82. The Hall–Kier alpha value is -3.47. The van der Waals surface area contributed by atoms with Gasteiger partial charge in [0.15, 0.2) is 5.82 Å². The number of ether oxygens (including phenoxy) is 3. The van der Waals surface area contributed by atoms with E-state index >= 15 is 0 Å². The number of thioether (sulfide) groups is 1. The first-order valence-corrected chi connectivity index (χ1v) is 12.8. The number of benzene rings is 3. The normalized spacial score (nSPS) is 11.3. The molecule has 0 saturated carbocycles. The molecule has 2 N–H and O–H groups in total. The van der Waals surface area contributed by atoms with Crippen molar-refractivity contribution >= 4 is 51.3 Å². The molecule has 0 aliphatic carbocycles. The van der Waals surface area contributed by atoms with Gasteiger partial charge < -0.3 is 19.3 Å². The standard InChI is InChI=1S/C26H21BrClN3O5S/c1-34-18-11-17(12-19(13-18)35-2)24-29-26(31-30-24)37-23(25(32)33)10-15-7-8-22(20(27)9-15)36-14-16-5-3-4-6-21(16)28/h3-13H,14H2,1-2H3,(H,32,33)(H,29,30,31)/b23-10-. The van der Waals surface area contributed by atoms with E-state index in [-0.39, 0.29) is 10.1 Å². The summed E-state index contributed by atoms with van der Waals surface area (Å²) < 4.78 is 17.1. The third-order valence-corrected chi connectivity index (χ3v) is 6.96. The largest absolute Gasteiger partial charge is 0.497 e. The molecule has 8 nitrogen and oxygen atoms in total. The molecule has 190 valence electrons. The molecule has 0 atom stereocenters. The Kier molecular flexibility index (Phi) is 8.75. The van der Waals surface area contributed by atoms with Gasteiger partial charge in [-0.3, -0.25) is 5.10 Å². The average Bonchev–Trinajstić information content (AvgIpc) is 3.37. The fourth-order valence-electron chi connectivity index (χ4n) is 3.24. The van der Waals surface area contributed by atoms with Crippen LogP contribution < -0.4 is 14.2 Å². The minimum Gasteiger partial charge on any atom is -0.497 e. The van der Waals surface area contributed by atoms with E-state index in [1.165, 1.54) is 0 Å². The molecule has 0 fully saturated rings. The molecule has 4 aromatic rings. The van der Waals surface area contributed by atoms with Crippen molar-refractivity contribution in [1.29, 1.82) is 0 Å². The van der Waals surface area contributed by atoms with Crippen LogP contribution in [0, 0.1) is 0 Å². The van der Waals surface area contributed by atoms with Crippen molar-refractivity contribution in [2.75, 3.05) is 14.2 Å². The maximum Gasteiger partial charge on any atom is 0.342 e. The van der Waals surface area contributed by atoms with Crippen LogP contribution in [0.15, 0.2) is 75.2 Å². The highest BCUT2D eigenvalue weighted by Crippen LogP contribution is 2.33. The van der Waals surface area contributed by atoms with Gasteiger partial charge in [-0.2, -0.15) is 0 Å². The van der Waals surface area contributed by atoms with Crippen molar-refractivity contribution in [3.8, 4) is 28.6 Å². The Morgan fingerprint density at radius 1 is 1.11 bits per heavy atom. The highest BCUT2D eigenvalue weighted by molar-refractivity contribution is 9.10. The lowest BCUT2D eigenvalue weighted by Crippen LogP contribution is -1.98. The number of methoxy groups -OCH3 is 2. The number of hydrogen-bond donors (Lipinski definition) is 2. The Labute approximate surface area is 230 Å². The molecule has 0 spiro atoms. The van der Waals surface area contributed by atoms with Gasteiger partial charge in [-0.15, -0.1) is 5.10 Å². The van der Waals surface area contributed by atoms with Crippen LogP contribution in [-0.2, 0) is 11.4 Å².